The van der Waals surface area contributed by atoms with Crippen LogP contribution in [0.2, 0.25) is 0 Å². The van der Waals surface area contributed by atoms with Crippen LogP contribution in [0, 0.1) is 10.5 Å². The lowest BCUT2D eigenvalue weighted by molar-refractivity contribution is -0.131. The first-order valence-electron chi connectivity index (χ1n) is 3.87. The number of carbonyl (C=O) groups is 1. The van der Waals surface area contributed by atoms with Crippen LogP contribution < -0.4 is 0 Å². The predicted molar refractivity (Wildman–Crippen MR) is 68.3 cm³/mol. The molecule has 74 valence electrons. The number of rotatable bonds is 2. The summed E-state index contributed by atoms with van der Waals surface area (Å²) in [6.07, 6.45) is 2.72. The summed E-state index contributed by atoms with van der Waals surface area (Å²) in [4.78, 5) is 10.3. The Bertz CT molecular complexity index is 399. The summed E-state index contributed by atoms with van der Waals surface area (Å²) in [7, 11) is 0. The van der Waals surface area contributed by atoms with E-state index in [0.717, 1.165) is 25.2 Å². The molecule has 0 saturated heterocycles. The van der Waals surface area contributed by atoms with Gasteiger partial charge in [-0.1, -0.05) is 6.07 Å². The Morgan fingerprint density at radius 1 is 1.57 bits per heavy atom. The van der Waals surface area contributed by atoms with Crippen LogP contribution in [0.1, 0.15) is 11.1 Å². The first-order valence-corrected chi connectivity index (χ1v) is 5.74. The highest BCUT2D eigenvalue weighted by atomic mass is 127. The van der Waals surface area contributed by atoms with Crippen LogP contribution in [-0.4, -0.2) is 11.1 Å². The molecule has 0 aromatic heterocycles. The summed E-state index contributed by atoms with van der Waals surface area (Å²) in [5.74, 6) is -0.937. The molecule has 1 N–H and O–H groups in total. The summed E-state index contributed by atoms with van der Waals surface area (Å²) in [5, 5.41) is 8.50. The van der Waals surface area contributed by atoms with E-state index in [1.807, 2.05) is 19.1 Å². The van der Waals surface area contributed by atoms with E-state index in [0.29, 0.717) is 0 Å². The third kappa shape index (κ3) is 3.09. The third-order valence-electron chi connectivity index (χ3n) is 1.61. The zero-order valence-corrected chi connectivity index (χ0v) is 11.2. The van der Waals surface area contributed by atoms with E-state index >= 15 is 0 Å². The molecule has 0 spiro atoms. The molecule has 0 bridgehead atoms. The highest BCUT2D eigenvalue weighted by Crippen LogP contribution is 2.26. The van der Waals surface area contributed by atoms with Crippen molar-refractivity contribution in [1.29, 1.82) is 0 Å². The second-order valence-electron chi connectivity index (χ2n) is 2.82. The molecule has 4 heteroatoms. The SMILES string of the molecule is Cc1cc(I)c(Br)c(/C=C/C(=O)O)c1. The molecule has 0 fully saturated rings. The summed E-state index contributed by atoms with van der Waals surface area (Å²) in [6, 6.07) is 3.97. The molecule has 0 unspecified atom stereocenters. The van der Waals surface area contributed by atoms with Crippen molar-refractivity contribution < 1.29 is 9.90 Å². The normalized spacial score (nSPS) is 10.8. The maximum atomic E-state index is 10.3. The Kier molecular flexibility index (Phi) is 4.12. The minimum absolute atomic E-state index is 0.886. The van der Waals surface area contributed by atoms with Crippen LogP contribution in [0.25, 0.3) is 6.08 Å². The van der Waals surface area contributed by atoms with E-state index < -0.39 is 5.97 Å². The predicted octanol–water partition coefficient (Wildman–Crippen LogP) is 3.46. The molecule has 0 aliphatic heterocycles. The monoisotopic (exact) mass is 366 g/mol. The second kappa shape index (κ2) is 4.93. The lowest BCUT2D eigenvalue weighted by Gasteiger charge is -2.03. The van der Waals surface area contributed by atoms with Gasteiger partial charge >= 0.3 is 5.97 Å². The van der Waals surface area contributed by atoms with Crippen molar-refractivity contribution in [2.45, 2.75) is 6.92 Å². The van der Waals surface area contributed by atoms with Crippen LogP contribution >= 0.6 is 38.5 Å². The van der Waals surface area contributed by atoms with Crippen molar-refractivity contribution in [2.24, 2.45) is 0 Å². The Balaban J connectivity index is 3.14. The van der Waals surface area contributed by atoms with Crippen LogP contribution in [0.15, 0.2) is 22.7 Å². The zero-order valence-electron chi connectivity index (χ0n) is 7.42. The first kappa shape index (κ1) is 11.7. The molecule has 2 nitrogen and oxygen atoms in total. The standard InChI is InChI=1S/C10H8BrIO2/c1-6-4-7(2-3-9(13)14)10(11)8(12)5-6/h2-5H,1H3,(H,13,14)/b3-2+. The van der Waals surface area contributed by atoms with Gasteiger partial charge in [0.2, 0.25) is 0 Å². The number of hydrogen-bond donors (Lipinski definition) is 1. The molecule has 0 aliphatic rings. The summed E-state index contributed by atoms with van der Waals surface area (Å²) >= 11 is 5.62. The van der Waals surface area contributed by atoms with Gasteiger partial charge in [-0.25, -0.2) is 4.79 Å². The fraction of sp³-hybridized carbons (Fsp3) is 0.100. The smallest absolute Gasteiger partial charge is 0.328 e. The molecule has 0 saturated carbocycles. The van der Waals surface area contributed by atoms with Gasteiger partial charge in [-0.05, 0) is 68.7 Å². The number of carboxylic acids is 1. The van der Waals surface area contributed by atoms with Crippen LogP contribution in [0.3, 0.4) is 0 Å². The first-order chi connectivity index (χ1) is 6.50. The molecule has 1 aromatic carbocycles. The summed E-state index contributed by atoms with van der Waals surface area (Å²) < 4.78 is 2.01. The second-order valence-corrected chi connectivity index (χ2v) is 4.78. The maximum absolute atomic E-state index is 10.3. The van der Waals surface area contributed by atoms with Gasteiger partial charge in [0.1, 0.15) is 0 Å². The Hall–Kier alpha value is -0.360. The van der Waals surface area contributed by atoms with E-state index in [2.05, 4.69) is 38.5 Å². The van der Waals surface area contributed by atoms with Crippen molar-refractivity contribution in [2.75, 3.05) is 0 Å². The fourth-order valence-electron chi connectivity index (χ4n) is 1.03. The van der Waals surface area contributed by atoms with Gasteiger partial charge in [-0.2, -0.15) is 0 Å². The van der Waals surface area contributed by atoms with Gasteiger partial charge < -0.3 is 5.11 Å². The number of carboxylic acid groups (broad SMARTS) is 1. The highest BCUT2D eigenvalue weighted by Gasteiger charge is 2.02. The van der Waals surface area contributed by atoms with Crippen molar-refractivity contribution >= 4 is 50.6 Å². The summed E-state index contributed by atoms with van der Waals surface area (Å²) in [5.41, 5.74) is 2.00. The summed E-state index contributed by atoms with van der Waals surface area (Å²) in [6.45, 7) is 1.98. The van der Waals surface area contributed by atoms with Crippen LogP contribution in [-0.2, 0) is 4.79 Å². The van der Waals surface area contributed by atoms with Crippen LogP contribution in [0.4, 0.5) is 0 Å². The number of aliphatic carboxylic acids is 1. The molecule has 0 radical (unpaired) electrons. The quantitative estimate of drug-likeness (QED) is 0.642. The Labute approximate surface area is 104 Å². The minimum atomic E-state index is -0.937. The molecule has 0 heterocycles. The van der Waals surface area contributed by atoms with Gasteiger partial charge in [-0.15, -0.1) is 0 Å². The minimum Gasteiger partial charge on any atom is -0.478 e. The Morgan fingerprint density at radius 2 is 2.21 bits per heavy atom. The molecule has 0 atom stereocenters. The lowest BCUT2D eigenvalue weighted by Crippen LogP contribution is -1.88. The molecule has 1 rings (SSSR count). The number of aryl methyl sites for hydroxylation is 1. The van der Waals surface area contributed by atoms with Crippen molar-refractivity contribution in [3.05, 3.63) is 37.4 Å². The number of halogens is 2. The number of hydrogen-bond acceptors (Lipinski definition) is 1. The largest absolute Gasteiger partial charge is 0.478 e. The highest BCUT2D eigenvalue weighted by molar-refractivity contribution is 14.1. The van der Waals surface area contributed by atoms with E-state index in [9.17, 15) is 4.79 Å². The Morgan fingerprint density at radius 3 is 2.79 bits per heavy atom. The van der Waals surface area contributed by atoms with Crippen molar-refractivity contribution in [1.82, 2.24) is 0 Å². The van der Waals surface area contributed by atoms with Gasteiger partial charge in [0, 0.05) is 14.1 Å². The van der Waals surface area contributed by atoms with E-state index in [1.54, 1.807) is 6.08 Å². The molecule has 14 heavy (non-hydrogen) atoms. The van der Waals surface area contributed by atoms with Crippen LogP contribution in [0.5, 0.6) is 0 Å². The van der Waals surface area contributed by atoms with Gasteiger partial charge in [0.15, 0.2) is 0 Å². The average Bonchev–Trinajstić information content (AvgIpc) is 2.08. The maximum Gasteiger partial charge on any atom is 0.328 e. The van der Waals surface area contributed by atoms with Gasteiger partial charge in [0.05, 0.1) is 0 Å². The number of benzene rings is 1. The van der Waals surface area contributed by atoms with Crippen molar-refractivity contribution in [3.8, 4) is 0 Å². The zero-order chi connectivity index (χ0) is 10.7. The van der Waals surface area contributed by atoms with Gasteiger partial charge in [0.25, 0.3) is 0 Å². The molecular formula is C10H8BrIO2. The lowest BCUT2D eigenvalue weighted by atomic mass is 10.1. The fourth-order valence-corrected chi connectivity index (χ4v) is 2.20. The molecule has 0 amide bonds. The average molecular weight is 367 g/mol. The topological polar surface area (TPSA) is 37.3 Å². The molecule has 0 aliphatic carbocycles. The van der Waals surface area contributed by atoms with Crippen molar-refractivity contribution in [3.63, 3.8) is 0 Å². The molecular weight excluding hydrogens is 359 g/mol. The van der Waals surface area contributed by atoms with E-state index in [-0.39, 0.29) is 0 Å². The van der Waals surface area contributed by atoms with E-state index in [1.165, 1.54) is 0 Å². The van der Waals surface area contributed by atoms with Gasteiger partial charge in [-0.3, -0.25) is 0 Å². The third-order valence-corrected chi connectivity index (χ3v) is 4.08. The van der Waals surface area contributed by atoms with E-state index in [4.69, 9.17) is 5.11 Å². The molecule has 1 aromatic rings.